The number of sulfonamides is 1. The number of aliphatic hydroxyl groups excluding tert-OH is 1. The van der Waals surface area contributed by atoms with Gasteiger partial charge < -0.3 is 10.0 Å². The summed E-state index contributed by atoms with van der Waals surface area (Å²) in [4.78, 5) is 2.03. The van der Waals surface area contributed by atoms with Gasteiger partial charge in [0.15, 0.2) is 0 Å². The largest absolute Gasteiger partial charge is 0.402 e. The molecule has 0 saturated carbocycles. The molecule has 9 heteroatoms. The van der Waals surface area contributed by atoms with Crippen LogP contribution in [0.1, 0.15) is 19.3 Å². The molecule has 20 heavy (non-hydrogen) atoms. The first-order chi connectivity index (χ1) is 9.13. The number of likely N-dealkylation sites (tertiary alicyclic amines) is 1. The zero-order valence-corrected chi connectivity index (χ0v) is 12.3. The summed E-state index contributed by atoms with van der Waals surface area (Å²) in [5.41, 5.74) is 0. The summed E-state index contributed by atoms with van der Waals surface area (Å²) in [5, 5.41) is 8.73. The minimum absolute atomic E-state index is 0.0729. The number of piperidine rings is 1. The van der Waals surface area contributed by atoms with E-state index < -0.39 is 28.8 Å². The maximum Gasteiger partial charge on any atom is 0.402 e. The summed E-state index contributed by atoms with van der Waals surface area (Å²) in [6.07, 6.45) is -2.33. The Labute approximate surface area is 117 Å². The van der Waals surface area contributed by atoms with Crippen molar-refractivity contribution in [1.82, 2.24) is 9.21 Å². The minimum atomic E-state index is -4.53. The van der Waals surface area contributed by atoms with Crippen LogP contribution in [0, 0.1) is 0 Å². The Morgan fingerprint density at radius 2 is 1.85 bits per heavy atom. The molecular weight excluding hydrogens is 297 g/mol. The van der Waals surface area contributed by atoms with Crippen LogP contribution in [0.5, 0.6) is 0 Å². The van der Waals surface area contributed by atoms with E-state index in [9.17, 15) is 21.6 Å². The molecule has 120 valence electrons. The van der Waals surface area contributed by atoms with Crippen molar-refractivity contribution in [2.75, 3.05) is 39.0 Å². The van der Waals surface area contributed by atoms with Crippen molar-refractivity contribution in [1.29, 1.82) is 0 Å². The predicted octanol–water partition coefficient (Wildman–Crippen LogP) is 0.657. The molecule has 0 aromatic rings. The van der Waals surface area contributed by atoms with Crippen molar-refractivity contribution in [2.24, 2.45) is 0 Å². The first-order valence-electron chi connectivity index (χ1n) is 6.50. The van der Waals surface area contributed by atoms with E-state index in [0.29, 0.717) is 43.2 Å². The van der Waals surface area contributed by atoms with Gasteiger partial charge in [0.25, 0.3) is 0 Å². The van der Waals surface area contributed by atoms with E-state index in [0.717, 1.165) is 6.26 Å². The molecule has 1 aliphatic rings. The van der Waals surface area contributed by atoms with Crippen LogP contribution in [0.4, 0.5) is 13.2 Å². The van der Waals surface area contributed by atoms with E-state index in [1.807, 2.05) is 4.90 Å². The highest BCUT2D eigenvalue weighted by atomic mass is 32.2. The third kappa shape index (κ3) is 5.94. The maximum atomic E-state index is 12.5. The predicted molar refractivity (Wildman–Crippen MR) is 68.8 cm³/mol. The molecule has 0 atom stereocenters. The number of aliphatic hydroxyl groups is 1. The van der Waals surface area contributed by atoms with Crippen molar-refractivity contribution in [3.8, 4) is 0 Å². The Kier molecular flexibility index (Phi) is 6.24. The number of hydrogen-bond donors (Lipinski definition) is 1. The van der Waals surface area contributed by atoms with Crippen LogP contribution in [-0.4, -0.2) is 74.0 Å². The van der Waals surface area contributed by atoms with Gasteiger partial charge in [0.2, 0.25) is 10.0 Å². The van der Waals surface area contributed by atoms with Crippen LogP contribution >= 0.6 is 0 Å². The average molecular weight is 318 g/mol. The van der Waals surface area contributed by atoms with Gasteiger partial charge in [0.1, 0.15) is 6.54 Å². The number of halogens is 3. The molecule has 1 N–H and O–H groups in total. The molecule has 0 spiro atoms. The summed E-state index contributed by atoms with van der Waals surface area (Å²) < 4.78 is 61.1. The van der Waals surface area contributed by atoms with Crippen LogP contribution in [-0.2, 0) is 10.0 Å². The lowest BCUT2D eigenvalue weighted by Crippen LogP contribution is -2.50. The minimum Gasteiger partial charge on any atom is -0.396 e. The molecule has 0 aliphatic carbocycles. The van der Waals surface area contributed by atoms with Crippen LogP contribution in [0.3, 0.4) is 0 Å². The molecule has 0 bridgehead atoms. The fourth-order valence-corrected chi connectivity index (χ4v) is 3.55. The second kappa shape index (κ2) is 7.06. The fraction of sp³-hybridized carbons (Fsp3) is 1.00. The van der Waals surface area contributed by atoms with Gasteiger partial charge in [-0.15, -0.1) is 0 Å². The molecule has 1 aliphatic heterocycles. The molecule has 0 unspecified atom stereocenters. The average Bonchev–Trinajstić information content (AvgIpc) is 2.32. The number of rotatable bonds is 6. The first kappa shape index (κ1) is 17.7. The molecule has 5 nitrogen and oxygen atoms in total. The monoisotopic (exact) mass is 318 g/mol. The molecular formula is C11H21F3N2O3S. The van der Waals surface area contributed by atoms with Crippen LogP contribution in [0.15, 0.2) is 0 Å². The highest BCUT2D eigenvalue weighted by molar-refractivity contribution is 7.88. The summed E-state index contributed by atoms with van der Waals surface area (Å²) in [6.45, 7) is 0.432. The topological polar surface area (TPSA) is 60.9 Å². The summed E-state index contributed by atoms with van der Waals surface area (Å²) in [7, 11) is -3.88. The van der Waals surface area contributed by atoms with Gasteiger partial charge in [-0.1, -0.05) is 0 Å². The van der Waals surface area contributed by atoms with Gasteiger partial charge >= 0.3 is 6.18 Å². The lowest BCUT2D eigenvalue weighted by atomic mass is 10.0. The van der Waals surface area contributed by atoms with Crippen molar-refractivity contribution < 1.29 is 26.7 Å². The first-order valence-corrected chi connectivity index (χ1v) is 8.35. The SMILES string of the molecule is CS(=O)(=O)N(CC(F)(F)F)C1CCN(CCCO)CC1. The Bertz CT molecular complexity index is 392. The molecule has 0 amide bonds. The third-order valence-electron chi connectivity index (χ3n) is 3.36. The third-order valence-corrected chi connectivity index (χ3v) is 4.64. The van der Waals surface area contributed by atoms with E-state index >= 15 is 0 Å². The Morgan fingerprint density at radius 3 is 2.25 bits per heavy atom. The highest BCUT2D eigenvalue weighted by Gasteiger charge is 2.39. The Morgan fingerprint density at radius 1 is 1.30 bits per heavy atom. The number of alkyl halides is 3. The highest BCUT2D eigenvalue weighted by Crippen LogP contribution is 2.25. The quantitative estimate of drug-likeness (QED) is 0.781. The summed E-state index contributed by atoms with van der Waals surface area (Å²) >= 11 is 0. The zero-order chi connectivity index (χ0) is 15.4. The Balaban J connectivity index is 2.62. The molecule has 1 fully saturated rings. The van der Waals surface area contributed by atoms with E-state index in [-0.39, 0.29) is 6.61 Å². The van der Waals surface area contributed by atoms with Crippen molar-refractivity contribution in [3.63, 3.8) is 0 Å². The maximum absolute atomic E-state index is 12.5. The van der Waals surface area contributed by atoms with Crippen molar-refractivity contribution in [3.05, 3.63) is 0 Å². The van der Waals surface area contributed by atoms with E-state index in [4.69, 9.17) is 5.11 Å². The molecule has 1 rings (SSSR count). The van der Waals surface area contributed by atoms with Gasteiger partial charge in [-0.05, 0) is 32.4 Å². The number of nitrogens with zero attached hydrogens (tertiary/aromatic N) is 2. The fourth-order valence-electron chi connectivity index (χ4n) is 2.42. The van der Waals surface area contributed by atoms with Crippen molar-refractivity contribution >= 4 is 10.0 Å². The molecule has 0 radical (unpaired) electrons. The molecule has 1 heterocycles. The van der Waals surface area contributed by atoms with Gasteiger partial charge in [0, 0.05) is 19.2 Å². The molecule has 1 saturated heterocycles. The standard InChI is InChI=1S/C11H21F3N2O3S/c1-20(18,19)16(9-11(12,13)14)10-3-6-15(7-4-10)5-2-8-17/h10,17H,2-9H2,1H3. The number of hydrogen-bond acceptors (Lipinski definition) is 4. The van der Waals surface area contributed by atoms with E-state index in [1.165, 1.54) is 0 Å². The second-order valence-electron chi connectivity index (χ2n) is 5.07. The lowest BCUT2D eigenvalue weighted by Gasteiger charge is -2.37. The van der Waals surface area contributed by atoms with E-state index in [2.05, 4.69) is 0 Å². The zero-order valence-electron chi connectivity index (χ0n) is 11.4. The van der Waals surface area contributed by atoms with Gasteiger partial charge in [-0.2, -0.15) is 17.5 Å². The van der Waals surface area contributed by atoms with Gasteiger partial charge in [-0.25, -0.2) is 8.42 Å². The Hall–Kier alpha value is -0.380. The van der Waals surface area contributed by atoms with Gasteiger partial charge in [-0.3, -0.25) is 0 Å². The molecule has 0 aromatic heterocycles. The smallest absolute Gasteiger partial charge is 0.396 e. The van der Waals surface area contributed by atoms with E-state index in [1.54, 1.807) is 0 Å². The summed E-state index contributed by atoms with van der Waals surface area (Å²) in [6, 6.07) is -0.600. The summed E-state index contributed by atoms with van der Waals surface area (Å²) in [5.74, 6) is 0. The van der Waals surface area contributed by atoms with Crippen LogP contribution in [0.25, 0.3) is 0 Å². The van der Waals surface area contributed by atoms with Crippen LogP contribution < -0.4 is 0 Å². The normalized spacial score (nSPS) is 19.7. The van der Waals surface area contributed by atoms with Crippen LogP contribution in [0.2, 0.25) is 0 Å². The molecule has 0 aromatic carbocycles. The van der Waals surface area contributed by atoms with Crippen molar-refractivity contribution in [2.45, 2.75) is 31.5 Å². The second-order valence-corrected chi connectivity index (χ2v) is 7.01. The lowest BCUT2D eigenvalue weighted by molar-refractivity contribution is -0.140. The van der Waals surface area contributed by atoms with Gasteiger partial charge in [0.05, 0.1) is 6.26 Å².